The Morgan fingerprint density at radius 2 is 1.32 bits per heavy atom. The van der Waals surface area contributed by atoms with Crippen LogP contribution in [0.2, 0.25) is 0 Å². The van der Waals surface area contributed by atoms with Crippen molar-refractivity contribution in [2.24, 2.45) is 0 Å². The minimum atomic E-state index is 0.439. The van der Waals surface area contributed by atoms with Crippen molar-refractivity contribution in [1.82, 2.24) is 4.90 Å². The van der Waals surface area contributed by atoms with E-state index in [9.17, 15) is 0 Å². The third kappa shape index (κ3) is 5.15. The molecule has 0 bridgehead atoms. The zero-order valence-corrected chi connectivity index (χ0v) is 17.0. The average Bonchev–Trinajstić information content (AvgIpc) is 2.77. The maximum atomic E-state index is 6.26. The molecular formula is C25H34N2O. The van der Waals surface area contributed by atoms with E-state index in [1.807, 2.05) is 0 Å². The zero-order valence-electron chi connectivity index (χ0n) is 17.0. The predicted octanol–water partition coefficient (Wildman–Crippen LogP) is 5.64. The first kappa shape index (κ1) is 19.5. The van der Waals surface area contributed by atoms with Crippen LogP contribution < -0.4 is 4.90 Å². The van der Waals surface area contributed by atoms with E-state index in [1.54, 1.807) is 0 Å². The van der Waals surface area contributed by atoms with Crippen LogP contribution in [0.25, 0.3) is 0 Å². The van der Waals surface area contributed by atoms with E-state index in [2.05, 4.69) is 70.5 Å². The van der Waals surface area contributed by atoms with Crippen LogP contribution >= 0.6 is 0 Å². The highest BCUT2D eigenvalue weighted by Crippen LogP contribution is 2.34. The van der Waals surface area contributed by atoms with Crippen LogP contribution in [0, 0.1) is 0 Å². The summed E-state index contributed by atoms with van der Waals surface area (Å²) in [5.74, 6) is 0. The molecule has 4 rings (SSSR count). The molecule has 0 aromatic heterocycles. The third-order valence-electron chi connectivity index (χ3n) is 6.29. The zero-order chi connectivity index (χ0) is 19.0. The minimum absolute atomic E-state index is 0.439. The highest BCUT2D eigenvalue weighted by Gasteiger charge is 2.27. The van der Waals surface area contributed by atoms with Gasteiger partial charge in [0.2, 0.25) is 0 Å². The van der Waals surface area contributed by atoms with E-state index in [0.717, 1.165) is 13.2 Å². The lowest BCUT2D eigenvalue weighted by Crippen LogP contribution is -2.38. The van der Waals surface area contributed by atoms with Gasteiger partial charge in [-0.2, -0.15) is 0 Å². The highest BCUT2D eigenvalue weighted by molar-refractivity contribution is 5.64. The minimum Gasteiger partial charge on any atom is -0.377 e. The van der Waals surface area contributed by atoms with Gasteiger partial charge in [-0.25, -0.2) is 0 Å². The van der Waals surface area contributed by atoms with Gasteiger partial charge in [-0.15, -0.1) is 0 Å². The van der Waals surface area contributed by atoms with Crippen molar-refractivity contribution >= 4 is 11.4 Å². The third-order valence-corrected chi connectivity index (χ3v) is 6.29. The Kier molecular flexibility index (Phi) is 7.01. The molecule has 0 radical (unpaired) electrons. The first-order valence-corrected chi connectivity index (χ1v) is 11.1. The molecule has 2 aliphatic rings. The molecular weight excluding hydrogens is 344 g/mol. The Bertz CT molecular complexity index is 637. The molecule has 0 spiro atoms. The first-order chi connectivity index (χ1) is 13.9. The molecule has 0 unspecified atom stereocenters. The molecule has 0 N–H and O–H groups in total. The van der Waals surface area contributed by atoms with E-state index < -0.39 is 0 Å². The average molecular weight is 379 g/mol. The number of piperidine rings is 1. The Morgan fingerprint density at radius 1 is 0.750 bits per heavy atom. The Hall–Kier alpha value is -1.84. The molecule has 2 aromatic carbocycles. The molecule has 1 saturated heterocycles. The summed E-state index contributed by atoms with van der Waals surface area (Å²) in [7, 11) is 0. The molecule has 1 saturated carbocycles. The van der Waals surface area contributed by atoms with Crippen molar-refractivity contribution in [2.75, 3.05) is 31.1 Å². The number of hydrogen-bond acceptors (Lipinski definition) is 3. The van der Waals surface area contributed by atoms with Crippen molar-refractivity contribution in [1.29, 1.82) is 0 Å². The van der Waals surface area contributed by atoms with E-state index in [-0.39, 0.29) is 0 Å². The molecule has 150 valence electrons. The smallest absolute Gasteiger partial charge is 0.0597 e. The highest BCUT2D eigenvalue weighted by atomic mass is 16.5. The maximum Gasteiger partial charge on any atom is 0.0597 e. The van der Waals surface area contributed by atoms with Gasteiger partial charge in [0, 0.05) is 24.0 Å². The second-order valence-corrected chi connectivity index (χ2v) is 8.24. The molecule has 2 fully saturated rings. The van der Waals surface area contributed by atoms with Crippen molar-refractivity contribution in [3.63, 3.8) is 0 Å². The quantitative estimate of drug-likeness (QED) is 0.620. The standard InChI is InChI=1S/C25H34N2O/c1-4-10-22(11-5-1)27(23-12-6-2-7-13-23)24-14-16-25(17-15-24)28-21-20-26-18-8-3-9-19-26/h1-2,4-7,10-13,24-25H,3,8-9,14-21H2. The Labute approximate surface area is 170 Å². The van der Waals surface area contributed by atoms with Crippen LogP contribution in [0.5, 0.6) is 0 Å². The monoisotopic (exact) mass is 378 g/mol. The fourth-order valence-corrected chi connectivity index (χ4v) is 4.75. The summed E-state index contributed by atoms with van der Waals surface area (Å²) in [5, 5.41) is 0. The largest absolute Gasteiger partial charge is 0.377 e. The van der Waals surface area contributed by atoms with Crippen molar-refractivity contribution in [3.8, 4) is 0 Å². The second-order valence-electron chi connectivity index (χ2n) is 8.24. The van der Waals surface area contributed by atoms with Crippen molar-refractivity contribution in [3.05, 3.63) is 60.7 Å². The number of rotatable bonds is 7. The van der Waals surface area contributed by atoms with Gasteiger partial charge in [0.1, 0.15) is 0 Å². The van der Waals surface area contributed by atoms with Crippen LogP contribution in [-0.4, -0.2) is 43.3 Å². The fraction of sp³-hybridized carbons (Fsp3) is 0.520. The molecule has 0 atom stereocenters. The lowest BCUT2D eigenvalue weighted by molar-refractivity contribution is 0.0113. The van der Waals surface area contributed by atoms with Gasteiger partial charge in [-0.3, -0.25) is 0 Å². The van der Waals surface area contributed by atoms with Gasteiger partial charge >= 0.3 is 0 Å². The lowest BCUT2D eigenvalue weighted by atomic mass is 9.91. The number of benzene rings is 2. The summed E-state index contributed by atoms with van der Waals surface area (Å²) in [4.78, 5) is 5.10. The van der Waals surface area contributed by atoms with Crippen molar-refractivity contribution in [2.45, 2.75) is 57.1 Å². The normalized spacial score (nSPS) is 23.4. The van der Waals surface area contributed by atoms with E-state index >= 15 is 0 Å². The van der Waals surface area contributed by atoms with Gasteiger partial charge in [-0.05, 0) is 75.9 Å². The molecule has 1 aliphatic heterocycles. The summed E-state index contributed by atoms with van der Waals surface area (Å²) in [6.45, 7) is 4.54. The molecule has 3 heteroatoms. The summed E-state index contributed by atoms with van der Waals surface area (Å²) in [5.41, 5.74) is 2.59. The first-order valence-electron chi connectivity index (χ1n) is 11.1. The lowest BCUT2D eigenvalue weighted by Gasteiger charge is -2.38. The van der Waals surface area contributed by atoms with E-state index in [1.165, 1.54) is 69.4 Å². The topological polar surface area (TPSA) is 15.7 Å². The van der Waals surface area contributed by atoms with Crippen LogP contribution in [-0.2, 0) is 4.74 Å². The molecule has 1 aliphatic carbocycles. The fourth-order valence-electron chi connectivity index (χ4n) is 4.75. The summed E-state index contributed by atoms with van der Waals surface area (Å²) in [6.07, 6.45) is 9.29. The van der Waals surface area contributed by atoms with Crippen molar-refractivity contribution < 1.29 is 4.74 Å². The number of anilines is 2. The molecule has 3 nitrogen and oxygen atoms in total. The second kappa shape index (κ2) is 10.1. The Balaban J connectivity index is 1.31. The Morgan fingerprint density at radius 3 is 1.89 bits per heavy atom. The number of hydrogen-bond donors (Lipinski definition) is 0. The number of likely N-dealkylation sites (tertiary alicyclic amines) is 1. The van der Waals surface area contributed by atoms with Gasteiger partial charge < -0.3 is 14.5 Å². The molecule has 28 heavy (non-hydrogen) atoms. The number of para-hydroxylation sites is 2. The van der Waals surface area contributed by atoms with Crippen LogP contribution in [0.4, 0.5) is 11.4 Å². The predicted molar refractivity (Wildman–Crippen MR) is 117 cm³/mol. The van der Waals surface area contributed by atoms with Gasteiger partial charge in [-0.1, -0.05) is 42.8 Å². The van der Waals surface area contributed by atoms with E-state index in [4.69, 9.17) is 4.74 Å². The maximum absolute atomic E-state index is 6.26. The van der Waals surface area contributed by atoms with Gasteiger partial charge in [0.05, 0.1) is 12.7 Å². The summed E-state index contributed by atoms with van der Waals surface area (Å²) >= 11 is 0. The molecule has 1 heterocycles. The molecule has 0 amide bonds. The number of ether oxygens (including phenoxy) is 1. The summed E-state index contributed by atoms with van der Waals surface area (Å²) in [6, 6.07) is 22.2. The van der Waals surface area contributed by atoms with E-state index in [0.29, 0.717) is 12.1 Å². The van der Waals surface area contributed by atoms with Crippen LogP contribution in [0.1, 0.15) is 44.9 Å². The molecule has 2 aromatic rings. The van der Waals surface area contributed by atoms with Crippen LogP contribution in [0.15, 0.2) is 60.7 Å². The summed E-state index contributed by atoms with van der Waals surface area (Å²) < 4.78 is 6.26. The van der Waals surface area contributed by atoms with Crippen LogP contribution in [0.3, 0.4) is 0 Å². The number of nitrogens with zero attached hydrogens (tertiary/aromatic N) is 2. The van der Waals surface area contributed by atoms with Gasteiger partial charge in [0.15, 0.2) is 0 Å². The van der Waals surface area contributed by atoms with Gasteiger partial charge in [0.25, 0.3) is 0 Å². The SMILES string of the molecule is c1ccc(N(c2ccccc2)C2CCC(OCCN3CCCCC3)CC2)cc1.